The molecule has 2 aromatic carbocycles. The molecule has 0 saturated heterocycles. The molecule has 0 bridgehead atoms. The van der Waals surface area contributed by atoms with Gasteiger partial charge in [0.15, 0.2) is 0 Å². The highest BCUT2D eigenvalue weighted by molar-refractivity contribution is 5.67. The quantitative estimate of drug-likeness (QED) is 0.892. The highest BCUT2D eigenvalue weighted by Gasteiger charge is 2.06. The third-order valence-corrected chi connectivity index (χ3v) is 3.77. The van der Waals surface area contributed by atoms with Crippen molar-refractivity contribution in [3.8, 4) is 11.1 Å². The van der Waals surface area contributed by atoms with E-state index in [1.54, 1.807) is 0 Å². The molecule has 0 radical (unpaired) electrons. The minimum absolute atomic E-state index is 0.515. The van der Waals surface area contributed by atoms with Crippen molar-refractivity contribution < 1.29 is 0 Å². The van der Waals surface area contributed by atoms with Crippen LogP contribution in [0, 0.1) is 0 Å². The summed E-state index contributed by atoms with van der Waals surface area (Å²) >= 11 is 0. The molecule has 0 spiro atoms. The molecular formula is C18H24N2. The van der Waals surface area contributed by atoms with Crippen LogP contribution < -0.4 is 10.6 Å². The van der Waals surface area contributed by atoms with Crippen molar-refractivity contribution in [2.45, 2.75) is 19.3 Å². The van der Waals surface area contributed by atoms with E-state index in [1.807, 2.05) is 0 Å². The molecule has 0 amide bonds. The van der Waals surface area contributed by atoms with Crippen molar-refractivity contribution in [3.63, 3.8) is 0 Å². The summed E-state index contributed by atoms with van der Waals surface area (Å²) in [4.78, 5) is 2.11. The summed E-state index contributed by atoms with van der Waals surface area (Å²) in [7, 11) is 4.12. The van der Waals surface area contributed by atoms with Crippen LogP contribution in [0.5, 0.6) is 0 Å². The fourth-order valence-corrected chi connectivity index (χ4v) is 2.39. The Morgan fingerprint density at radius 3 is 2.30 bits per heavy atom. The maximum atomic E-state index is 5.66. The minimum Gasteiger partial charge on any atom is -0.378 e. The van der Waals surface area contributed by atoms with E-state index in [0.717, 1.165) is 13.0 Å². The number of benzene rings is 2. The van der Waals surface area contributed by atoms with Gasteiger partial charge in [-0.25, -0.2) is 0 Å². The predicted octanol–water partition coefficient (Wildman–Crippen LogP) is 3.87. The van der Waals surface area contributed by atoms with Gasteiger partial charge in [0.05, 0.1) is 0 Å². The summed E-state index contributed by atoms with van der Waals surface area (Å²) in [5.74, 6) is 0.515. The summed E-state index contributed by atoms with van der Waals surface area (Å²) in [6, 6.07) is 17.5. The summed E-state index contributed by atoms with van der Waals surface area (Å²) < 4.78 is 0. The van der Waals surface area contributed by atoms with Crippen LogP contribution in [0.3, 0.4) is 0 Å². The van der Waals surface area contributed by atoms with Gasteiger partial charge >= 0.3 is 0 Å². The normalized spacial score (nSPS) is 12.2. The van der Waals surface area contributed by atoms with Crippen molar-refractivity contribution in [1.82, 2.24) is 0 Å². The lowest BCUT2D eigenvalue weighted by Gasteiger charge is -2.14. The van der Waals surface area contributed by atoms with E-state index >= 15 is 0 Å². The van der Waals surface area contributed by atoms with E-state index < -0.39 is 0 Å². The molecule has 2 N–H and O–H groups in total. The average Bonchev–Trinajstić information content (AvgIpc) is 2.48. The fraction of sp³-hybridized carbons (Fsp3) is 0.333. The lowest BCUT2D eigenvalue weighted by molar-refractivity contribution is 0.690. The summed E-state index contributed by atoms with van der Waals surface area (Å²) in [6.07, 6.45) is 1.03. The van der Waals surface area contributed by atoms with Crippen molar-refractivity contribution >= 4 is 5.69 Å². The molecule has 0 aliphatic heterocycles. The second-order valence-electron chi connectivity index (χ2n) is 5.55. The zero-order valence-corrected chi connectivity index (χ0v) is 12.6. The molecule has 2 rings (SSSR count). The maximum absolute atomic E-state index is 5.66. The van der Waals surface area contributed by atoms with E-state index in [2.05, 4.69) is 74.4 Å². The molecule has 0 saturated carbocycles. The zero-order valence-electron chi connectivity index (χ0n) is 12.6. The van der Waals surface area contributed by atoms with Crippen molar-refractivity contribution in [3.05, 3.63) is 54.1 Å². The van der Waals surface area contributed by atoms with Gasteiger partial charge in [-0.2, -0.15) is 0 Å². The molecule has 0 heterocycles. The summed E-state index contributed by atoms with van der Waals surface area (Å²) in [5, 5.41) is 0. The van der Waals surface area contributed by atoms with Gasteiger partial charge in [0.2, 0.25) is 0 Å². The first-order chi connectivity index (χ1) is 9.61. The molecule has 0 aromatic heterocycles. The Labute approximate surface area is 122 Å². The Bertz CT molecular complexity index is 544. The number of nitrogens with zero attached hydrogens (tertiary/aromatic N) is 1. The monoisotopic (exact) mass is 268 g/mol. The Hall–Kier alpha value is -1.80. The first kappa shape index (κ1) is 14.6. The Kier molecular flexibility index (Phi) is 4.80. The Morgan fingerprint density at radius 1 is 1.00 bits per heavy atom. The van der Waals surface area contributed by atoms with Crippen LogP contribution in [-0.4, -0.2) is 20.6 Å². The summed E-state index contributed by atoms with van der Waals surface area (Å²) in [5.41, 5.74) is 10.8. The third kappa shape index (κ3) is 3.40. The molecule has 1 unspecified atom stereocenters. The number of rotatable bonds is 5. The molecule has 20 heavy (non-hydrogen) atoms. The smallest absolute Gasteiger partial charge is 0.0361 e. The van der Waals surface area contributed by atoms with Gasteiger partial charge in [0.1, 0.15) is 0 Å². The van der Waals surface area contributed by atoms with Gasteiger partial charge in [-0.3, -0.25) is 0 Å². The Morgan fingerprint density at radius 2 is 1.70 bits per heavy atom. The lowest BCUT2D eigenvalue weighted by Crippen LogP contribution is -2.07. The van der Waals surface area contributed by atoms with Gasteiger partial charge in [-0.1, -0.05) is 43.3 Å². The fourth-order valence-electron chi connectivity index (χ4n) is 2.39. The number of anilines is 1. The maximum Gasteiger partial charge on any atom is 0.0361 e. The van der Waals surface area contributed by atoms with Gasteiger partial charge < -0.3 is 10.6 Å². The van der Waals surface area contributed by atoms with Gasteiger partial charge in [0, 0.05) is 19.8 Å². The first-order valence-corrected chi connectivity index (χ1v) is 7.19. The summed E-state index contributed by atoms with van der Waals surface area (Å²) in [6.45, 7) is 2.98. The van der Waals surface area contributed by atoms with Crippen LogP contribution in [0.1, 0.15) is 24.8 Å². The second-order valence-corrected chi connectivity index (χ2v) is 5.55. The lowest BCUT2D eigenvalue weighted by atomic mass is 9.94. The molecule has 0 aliphatic carbocycles. The van der Waals surface area contributed by atoms with Gasteiger partial charge in [-0.15, -0.1) is 0 Å². The highest BCUT2D eigenvalue weighted by Crippen LogP contribution is 2.26. The van der Waals surface area contributed by atoms with Crippen LogP contribution >= 0.6 is 0 Å². The third-order valence-electron chi connectivity index (χ3n) is 3.77. The standard InChI is InChI=1S/C18H24N2/c1-14(11-12-19)16-5-4-6-17(13-16)15-7-9-18(10-8-15)20(2)3/h4-10,13-14H,11-12,19H2,1-3H3. The first-order valence-electron chi connectivity index (χ1n) is 7.19. The molecule has 1 atom stereocenters. The number of nitrogens with two attached hydrogens (primary N) is 1. The van der Waals surface area contributed by atoms with Gasteiger partial charge in [0.25, 0.3) is 0 Å². The van der Waals surface area contributed by atoms with E-state index in [-0.39, 0.29) is 0 Å². The van der Waals surface area contributed by atoms with Crippen molar-refractivity contribution in [1.29, 1.82) is 0 Å². The second kappa shape index (κ2) is 6.58. The number of hydrogen-bond donors (Lipinski definition) is 1. The van der Waals surface area contributed by atoms with E-state index in [9.17, 15) is 0 Å². The minimum atomic E-state index is 0.515. The number of hydrogen-bond acceptors (Lipinski definition) is 2. The van der Waals surface area contributed by atoms with E-state index in [4.69, 9.17) is 5.73 Å². The molecular weight excluding hydrogens is 244 g/mol. The van der Waals surface area contributed by atoms with Crippen LogP contribution in [0.15, 0.2) is 48.5 Å². The molecule has 106 valence electrons. The van der Waals surface area contributed by atoms with Crippen LogP contribution in [0.4, 0.5) is 5.69 Å². The predicted molar refractivity (Wildman–Crippen MR) is 88.3 cm³/mol. The van der Waals surface area contributed by atoms with Crippen molar-refractivity contribution in [2.24, 2.45) is 5.73 Å². The highest BCUT2D eigenvalue weighted by atomic mass is 15.1. The molecule has 2 nitrogen and oxygen atoms in total. The molecule has 2 aromatic rings. The van der Waals surface area contributed by atoms with Crippen LogP contribution in [0.25, 0.3) is 11.1 Å². The van der Waals surface area contributed by atoms with E-state index in [0.29, 0.717) is 5.92 Å². The van der Waals surface area contributed by atoms with Crippen LogP contribution in [-0.2, 0) is 0 Å². The van der Waals surface area contributed by atoms with E-state index in [1.165, 1.54) is 22.4 Å². The SMILES string of the molecule is CC(CCN)c1cccc(-c2ccc(N(C)C)cc2)c1. The zero-order chi connectivity index (χ0) is 14.5. The molecule has 2 heteroatoms. The van der Waals surface area contributed by atoms with Crippen molar-refractivity contribution in [2.75, 3.05) is 25.5 Å². The average molecular weight is 268 g/mol. The van der Waals surface area contributed by atoms with Crippen LogP contribution in [0.2, 0.25) is 0 Å². The molecule has 0 aliphatic rings. The Balaban J connectivity index is 2.26. The molecule has 0 fully saturated rings. The topological polar surface area (TPSA) is 29.3 Å². The largest absolute Gasteiger partial charge is 0.378 e. The van der Waals surface area contributed by atoms with Gasteiger partial charge in [-0.05, 0) is 47.7 Å².